The van der Waals surface area contributed by atoms with Crippen LogP contribution in [0.2, 0.25) is 0 Å². The van der Waals surface area contributed by atoms with E-state index in [0.717, 1.165) is 34.9 Å². The molecule has 2 unspecified atom stereocenters. The third-order valence-electron chi connectivity index (χ3n) is 16.9. The van der Waals surface area contributed by atoms with Gasteiger partial charge < -0.3 is 45.8 Å². The number of amides is 6. The summed E-state index contributed by atoms with van der Waals surface area (Å²) in [4.78, 5) is 112. The Labute approximate surface area is 465 Å². The number of benzene rings is 1. The zero-order valence-electron chi connectivity index (χ0n) is 46.5. The minimum Gasteiger partial charge on any atom is -0.460 e. The zero-order valence-corrected chi connectivity index (χ0v) is 47.3. The topological polar surface area (TPSA) is 259 Å². The molecule has 5 heterocycles. The molecule has 1 aromatic carbocycles. The van der Waals surface area contributed by atoms with Crippen LogP contribution >= 0.6 is 11.8 Å². The number of fused-ring (bicyclic) bond motifs is 5. The number of nitrogens with two attached hydrogens (primary N) is 1. The Balaban J connectivity index is 0.766. The Kier molecular flexibility index (Phi) is 20.0. The summed E-state index contributed by atoms with van der Waals surface area (Å²) in [5.41, 5.74) is 10.8. The van der Waals surface area contributed by atoms with Gasteiger partial charge in [0.15, 0.2) is 0 Å². The number of unbranched alkanes of at least 4 members (excludes halogenated alkanes) is 1. The lowest BCUT2D eigenvalue weighted by Crippen LogP contribution is -2.53. The third kappa shape index (κ3) is 13.0. The highest BCUT2D eigenvalue weighted by atomic mass is 32.2. The van der Waals surface area contributed by atoms with Gasteiger partial charge in [0, 0.05) is 47.6 Å². The van der Waals surface area contributed by atoms with E-state index in [9.17, 15) is 38.4 Å². The van der Waals surface area contributed by atoms with Crippen LogP contribution in [0.4, 0.5) is 4.39 Å². The van der Waals surface area contributed by atoms with Crippen LogP contribution < -0.4 is 32.6 Å². The van der Waals surface area contributed by atoms with Gasteiger partial charge in [-0.25, -0.2) is 9.37 Å². The highest BCUT2D eigenvalue weighted by molar-refractivity contribution is 8.02. The van der Waals surface area contributed by atoms with Gasteiger partial charge >= 0.3 is 5.97 Å². The molecular formula is C58H79FN8O11S. The van der Waals surface area contributed by atoms with Crippen LogP contribution in [0.3, 0.4) is 0 Å². The van der Waals surface area contributed by atoms with Gasteiger partial charge in [-0.2, -0.15) is 0 Å². The number of carbonyl (C=O) groups is 7. The summed E-state index contributed by atoms with van der Waals surface area (Å²) in [6, 6.07) is 0.876. The molecule has 2 aromatic heterocycles. The molecule has 0 spiro atoms. The first-order valence-electron chi connectivity index (χ1n) is 28.7. The maximum atomic E-state index is 15.4. The number of carbonyl (C=O) groups excluding carboxylic acids is 7. The Bertz CT molecular complexity index is 2870. The maximum Gasteiger partial charge on any atom is 0.313 e. The number of aryl methyl sites for hydroxylation is 1. The van der Waals surface area contributed by atoms with Crippen molar-refractivity contribution in [2.24, 2.45) is 11.7 Å². The number of ether oxygens (including phenoxy) is 3. The molecule has 2 aliphatic carbocycles. The number of aromatic nitrogens is 2. The fourth-order valence-electron chi connectivity index (χ4n) is 12.5. The van der Waals surface area contributed by atoms with Gasteiger partial charge in [0.2, 0.25) is 35.4 Å². The second-order valence-corrected chi connectivity index (χ2v) is 23.4. The third-order valence-corrected chi connectivity index (χ3v) is 19.0. The number of likely N-dealkylation sites (tertiary alicyclic amines) is 1. The average molecular weight is 1120 g/mol. The first-order chi connectivity index (χ1) is 38.0. The molecule has 5 aliphatic rings. The molecule has 1 saturated carbocycles. The van der Waals surface area contributed by atoms with Gasteiger partial charge in [0.1, 0.15) is 24.5 Å². The Morgan fingerprint density at radius 1 is 0.911 bits per heavy atom. The molecule has 0 radical (unpaired) electrons. The van der Waals surface area contributed by atoms with Crippen LogP contribution in [-0.4, -0.2) is 124 Å². The molecule has 79 heavy (non-hydrogen) atoms. The molecule has 21 heteroatoms. The van der Waals surface area contributed by atoms with Crippen molar-refractivity contribution in [2.75, 3.05) is 46.1 Å². The number of hydrogen-bond donors (Lipinski definition) is 5. The number of pyridine rings is 2. The highest BCUT2D eigenvalue weighted by Gasteiger charge is 2.47. The van der Waals surface area contributed by atoms with Crippen LogP contribution in [0.25, 0.3) is 22.3 Å². The molecule has 6 amide bonds. The fraction of sp³-hybridized carbons (Fsp3) is 0.638. The molecule has 19 nitrogen and oxygen atoms in total. The number of hydrogen-bond acceptors (Lipinski definition) is 14. The smallest absolute Gasteiger partial charge is 0.313 e. The summed E-state index contributed by atoms with van der Waals surface area (Å²) in [7, 11) is 0. The standard InChI is InChI=1S/C58H79FN8O11S/c1-6-36-38-28-45-52-39(31-67(45)55(73)40(38)32-78-57(36)75)51-42(19-18-37-33(4)41(59)29-44(64-52)50(37)51)63-47(68)17-13-22-61-54(72)43(16-11-12-21-60)65-53(71)34(5)62-48(69)20-24-76-26-27-77-25-23-66-49(70)30-46(56(66)74)79-58(7-2,8-3)35-14-9-10-15-35/h28-29,34-36,42-43,46H,6-27,30-32,60H2,1-5H3,(H,61,72)(H,62,69)(H,63,68)(H,65,71)/t34-,36?,42-,43-,46?/m0/s1. The van der Waals surface area contributed by atoms with Crippen molar-refractivity contribution in [3.05, 3.63) is 61.7 Å². The molecule has 0 bridgehead atoms. The molecule has 1 saturated heterocycles. The fourth-order valence-corrected chi connectivity index (χ4v) is 14.2. The minimum absolute atomic E-state index is 0.0168. The van der Waals surface area contributed by atoms with Crippen LogP contribution in [0.15, 0.2) is 16.9 Å². The van der Waals surface area contributed by atoms with Crippen molar-refractivity contribution < 1.29 is 52.2 Å². The van der Waals surface area contributed by atoms with E-state index in [-0.39, 0.29) is 118 Å². The van der Waals surface area contributed by atoms with Crippen LogP contribution in [0.5, 0.6) is 0 Å². The summed E-state index contributed by atoms with van der Waals surface area (Å²) >= 11 is 1.71. The van der Waals surface area contributed by atoms with Crippen molar-refractivity contribution in [1.82, 2.24) is 35.7 Å². The average Bonchev–Trinajstić information content (AvgIpc) is 4.28. The second-order valence-electron chi connectivity index (χ2n) is 21.7. The first kappa shape index (κ1) is 59.4. The second kappa shape index (κ2) is 26.7. The number of imide groups is 1. The molecule has 2 fully saturated rings. The Morgan fingerprint density at radius 3 is 2.38 bits per heavy atom. The van der Waals surface area contributed by atoms with E-state index in [0.29, 0.717) is 84.6 Å². The normalized spacial score (nSPS) is 19.5. The molecule has 430 valence electrons. The van der Waals surface area contributed by atoms with E-state index in [1.54, 1.807) is 23.3 Å². The Morgan fingerprint density at radius 2 is 1.66 bits per heavy atom. The van der Waals surface area contributed by atoms with Gasteiger partial charge in [-0.1, -0.05) is 33.6 Å². The van der Waals surface area contributed by atoms with Crippen molar-refractivity contribution in [3.63, 3.8) is 0 Å². The van der Waals surface area contributed by atoms with E-state index in [1.165, 1.54) is 43.6 Å². The quantitative estimate of drug-likeness (QED) is 0.0265. The van der Waals surface area contributed by atoms with Crippen LogP contribution in [-0.2, 0) is 67.3 Å². The molecule has 3 aliphatic heterocycles. The predicted octanol–water partition coefficient (Wildman–Crippen LogP) is 5.57. The van der Waals surface area contributed by atoms with E-state index >= 15 is 4.39 Å². The van der Waals surface area contributed by atoms with Gasteiger partial charge in [-0.05, 0) is 125 Å². The summed E-state index contributed by atoms with van der Waals surface area (Å²) < 4.78 is 33.7. The Hall–Kier alpha value is -5.77. The van der Waals surface area contributed by atoms with Crippen molar-refractivity contribution in [2.45, 2.75) is 185 Å². The molecule has 8 rings (SSSR count). The monoisotopic (exact) mass is 1110 g/mol. The summed E-state index contributed by atoms with van der Waals surface area (Å²) in [6.07, 6.45) is 10.2. The summed E-state index contributed by atoms with van der Waals surface area (Å²) in [5.74, 6) is -2.78. The lowest BCUT2D eigenvalue weighted by atomic mass is 9.81. The van der Waals surface area contributed by atoms with E-state index in [2.05, 4.69) is 35.1 Å². The van der Waals surface area contributed by atoms with Gasteiger partial charge in [0.25, 0.3) is 5.56 Å². The first-order valence-corrected chi connectivity index (χ1v) is 29.5. The van der Waals surface area contributed by atoms with Gasteiger partial charge in [-0.15, -0.1) is 11.8 Å². The highest BCUT2D eigenvalue weighted by Crippen LogP contribution is 2.50. The van der Waals surface area contributed by atoms with Crippen molar-refractivity contribution in [1.29, 1.82) is 0 Å². The number of halogens is 1. The maximum absolute atomic E-state index is 15.4. The zero-order chi connectivity index (χ0) is 56.5. The molecule has 3 aromatic rings. The predicted molar refractivity (Wildman–Crippen MR) is 296 cm³/mol. The van der Waals surface area contributed by atoms with Crippen molar-refractivity contribution in [3.8, 4) is 11.4 Å². The molecule has 6 N–H and O–H groups in total. The van der Waals surface area contributed by atoms with E-state index in [4.69, 9.17) is 24.9 Å². The lowest BCUT2D eigenvalue weighted by molar-refractivity contribution is -0.148. The number of nitrogens with one attached hydrogen (secondary N) is 4. The van der Waals surface area contributed by atoms with E-state index < -0.39 is 47.6 Å². The van der Waals surface area contributed by atoms with Crippen LogP contribution in [0.1, 0.15) is 169 Å². The summed E-state index contributed by atoms with van der Waals surface area (Å²) in [6.45, 7) is 10.9. The summed E-state index contributed by atoms with van der Waals surface area (Å²) in [5, 5.41) is 11.9. The molecule has 5 atom stereocenters. The SMILES string of the molecule is CCC1C(=O)OCc2c1cc1n(c2=O)Cc2c-1nc1cc(F)c(C)c3c1c2[C@@H](NC(=O)CCCNC(=O)[C@H](CCCCN)NC(=O)[C@H](C)NC(=O)CCOCCOCCN1C(=O)CC(SC(CC)(CC)C2CCCC2)C1=O)CC3. The van der Waals surface area contributed by atoms with E-state index in [1.807, 2.05) is 13.0 Å². The number of rotatable bonds is 28. The van der Waals surface area contributed by atoms with Gasteiger partial charge in [-0.3, -0.25) is 43.3 Å². The number of thioether (sulfide) groups is 1. The number of esters is 1. The lowest BCUT2D eigenvalue weighted by Gasteiger charge is -2.38. The largest absolute Gasteiger partial charge is 0.460 e. The number of nitrogens with zero attached hydrogens (tertiary/aromatic N) is 3. The van der Waals surface area contributed by atoms with Gasteiger partial charge in [0.05, 0.1) is 79.2 Å². The molecular weight excluding hydrogens is 1040 g/mol. The number of cyclic esters (lactones) is 1. The van der Waals surface area contributed by atoms with Crippen LogP contribution in [0, 0.1) is 18.7 Å². The minimum atomic E-state index is -0.965. The van der Waals surface area contributed by atoms with Crippen molar-refractivity contribution >= 4 is 64.1 Å².